The highest BCUT2D eigenvalue weighted by Gasteiger charge is 2.20. The van der Waals surface area contributed by atoms with Crippen LogP contribution in [0.15, 0.2) is 35.2 Å². The van der Waals surface area contributed by atoms with Crippen LogP contribution in [0.25, 0.3) is 0 Å². The fourth-order valence-corrected chi connectivity index (χ4v) is 4.28. The van der Waals surface area contributed by atoms with E-state index in [4.69, 9.17) is 0 Å². The number of nitrogens with zero attached hydrogens (tertiary/aromatic N) is 1. The molecule has 0 unspecified atom stereocenters. The van der Waals surface area contributed by atoms with Crippen molar-refractivity contribution in [3.63, 3.8) is 0 Å². The van der Waals surface area contributed by atoms with Crippen molar-refractivity contribution in [1.82, 2.24) is 4.72 Å². The van der Waals surface area contributed by atoms with E-state index in [0.29, 0.717) is 16.9 Å². The lowest BCUT2D eigenvalue weighted by molar-refractivity contribution is -0.385. The number of thiophene rings is 1. The Morgan fingerprint density at radius 2 is 2.00 bits per heavy atom. The van der Waals surface area contributed by atoms with E-state index in [2.05, 4.69) is 4.72 Å². The molecule has 1 aromatic carbocycles. The highest BCUT2D eigenvalue weighted by molar-refractivity contribution is 7.89. The second-order valence-corrected chi connectivity index (χ2v) is 8.08. The number of nitrogens with one attached hydrogen (secondary N) is 1. The average molecular weight is 368 g/mol. The molecular formula is C15H16N2O5S2. The molecule has 0 aliphatic rings. The number of ketones is 1. The number of non-ortho nitro benzene ring substituents is 1. The van der Waals surface area contributed by atoms with Gasteiger partial charge in [-0.25, -0.2) is 13.1 Å². The summed E-state index contributed by atoms with van der Waals surface area (Å²) in [5, 5.41) is 10.8. The Morgan fingerprint density at radius 3 is 2.58 bits per heavy atom. The van der Waals surface area contributed by atoms with Gasteiger partial charge in [-0.2, -0.15) is 0 Å². The number of nitro benzene ring substituents is 1. The molecule has 0 bridgehead atoms. The zero-order chi connectivity index (χ0) is 17.9. The third kappa shape index (κ3) is 4.25. The molecule has 2 aromatic rings. The summed E-state index contributed by atoms with van der Waals surface area (Å²) in [7, 11) is -3.84. The molecule has 128 valence electrons. The minimum Gasteiger partial charge on any atom is -0.294 e. The van der Waals surface area contributed by atoms with Crippen molar-refractivity contribution in [2.24, 2.45) is 0 Å². The minimum absolute atomic E-state index is 0.0287. The van der Waals surface area contributed by atoms with Gasteiger partial charge in [-0.3, -0.25) is 14.9 Å². The van der Waals surface area contributed by atoms with Gasteiger partial charge in [0.2, 0.25) is 10.0 Å². The van der Waals surface area contributed by atoms with Gasteiger partial charge in [0.25, 0.3) is 5.69 Å². The summed E-state index contributed by atoms with van der Waals surface area (Å²) in [4.78, 5) is 22.8. The van der Waals surface area contributed by atoms with Gasteiger partial charge in [0.05, 0.1) is 14.7 Å². The fourth-order valence-electron chi connectivity index (χ4n) is 2.08. The van der Waals surface area contributed by atoms with E-state index in [-0.39, 0.29) is 22.9 Å². The molecular weight excluding hydrogens is 352 g/mol. The number of rotatable bonds is 7. The van der Waals surface area contributed by atoms with E-state index >= 15 is 0 Å². The molecule has 0 fully saturated rings. The smallest absolute Gasteiger partial charge is 0.270 e. The van der Waals surface area contributed by atoms with Crippen molar-refractivity contribution in [3.05, 3.63) is 55.8 Å². The Balaban J connectivity index is 2.09. The second-order valence-electron chi connectivity index (χ2n) is 5.18. The van der Waals surface area contributed by atoms with Crippen molar-refractivity contribution >= 4 is 32.8 Å². The highest BCUT2D eigenvalue weighted by Crippen LogP contribution is 2.22. The third-order valence-corrected chi connectivity index (χ3v) is 6.19. The molecule has 0 saturated heterocycles. The lowest BCUT2D eigenvalue weighted by Crippen LogP contribution is -2.26. The van der Waals surface area contributed by atoms with Crippen LogP contribution in [0.5, 0.6) is 0 Å². The van der Waals surface area contributed by atoms with Crippen molar-refractivity contribution in [3.8, 4) is 0 Å². The minimum atomic E-state index is -3.84. The van der Waals surface area contributed by atoms with E-state index in [1.165, 1.54) is 30.4 Å². The average Bonchev–Trinajstić information content (AvgIpc) is 2.96. The quantitative estimate of drug-likeness (QED) is 0.459. The summed E-state index contributed by atoms with van der Waals surface area (Å²) >= 11 is 1.32. The van der Waals surface area contributed by atoms with Crippen molar-refractivity contribution in [2.75, 3.05) is 6.54 Å². The maximum absolute atomic E-state index is 12.3. The first-order valence-corrected chi connectivity index (χ1v) is 9.35. The molecule has 0 atom stereocenters. The zero-order valence-electron chi connectivity index (χ0n) is 13.1. The number of sulfonamides is 1. The second kappa shape index (κ2) is 7.20. The molecule has 9 heteroatoms. The summed E-state index contributed by atoms with van der Waals surface area (Å²) in [6.07, 6.45) is 0.436. The fraction of sp³-hybridized carbons (Fsp3) is 0.267. The molecule has 0 amide bonds. The lowest BCUT2D eigenvalue weighted by atomic mass is 10.2. The Kier molecular flexibility index (Phi) is 5.47. The molecule has 2 rings (SSSR count). The predicted octanol–water partition coefficient (Wildman–Crippen LogP) is 2.69. The molecule has 0 aliphatic carbocycles. The molecule has 0 saturated carbocycles. The van der Waals surface area contributed by atoms with Gasteiger partial charge in [-0.15, -0.1) is 11.3 Å². The third-order valence-electron chi connectivity index (χ3n) is 3.34. The van der Waals surface area contributed by atoms with Gasteiger partial charge < -0.3 is 0 Å². The molecule has 24 heavy (non-hydrogen) atoms. The molecule has 7 nitrogen and oxygen atoms in total. The molecule has 1 aromatic heterocycles. The van der Waals surface area contributed by atoms with Crippen LogP contribution in [-0.2, 0) is 16.4 Å². The molecule has 0 aliphatic heterocycles. The summed E-state index contributed by atoms with van der Waals surface area (Å²) in [6, 6.07) is 7.22. The van der Waals surface area contributed by atoms with Crippen LogP contribution in [0.4, 0.5) is 5.69 Å². The maximum atomic E-state index is 12.3. The van der Waals surface area contributed by atoms with Crippen molar-refractivity contribution in [2.45, 2.75) is 25.2 Å². The number of Topliss-reactive ketones (excluding diaryl/α,β-unsaturated/α-hetero) is 1. The Bertz CT molecular complexity index is 887. The van der Waals surface area contributed by atoms with E-state index in [9.17, 15) is 23.3 Å². The van der Waals surface area contributed by atoms with Crippen LogP contribution in [0, 0.1) is 17.0 Å². The SMILES string of the molecule is CC(=O)c1ccc(CCNS(=O)(=O)c2cc([N+](=O)[O-])ccc2C)s1. The Labute approximate surface area is 143 Å². The van der Waals surface area contributed by atoms with Crippen LogP contribution in [-0.4, -0.2) is 25.7 Å². The Morgan fingerprint density at radius 1 is 1.29 bits per heavy atom. The largest absolute Gasteiger partial charge is 0.294 e. The normalized spacial score (nSPS) is 11.4. The lowest BCUT2D eigenvalue weighted by Gasteiger charge is -2.08. The number of hydrogen-bond acceptors (Lipinski definition) is 6. The van der Waals surface area contributed by atoms with Gasteiger partial charge in [-0.1, -0.05) is 6.07 Å². The summed E-state index contributed by atoms with van der Waals surface area (Å²) in [5.41, 5.74) is 0.161. The van der Waals surface area contributed by atoms with Crippen LogP contribution in [0.2, 0.25) is 0 Å². The van der Waals surface area contributed by atoms with E-state index in [1.807, 2.05) is 0 Å². The maximum Gasteiger partial charge on any atom is 0.270 e. The van der Waals surface area contributed by atoms with Crippen molar-refractivity contribution in [1.29, 1.82) is 0 Å². The highest BCUT2D eigenvalue weighted by atomic mass is 32.2. The van der Waals surface area contributed by atoms with Crippen LogP contribution >= 0.6 is 11.3 Å². The standard InChI is InChI=1S/C15H16N2O5S2/c1-10-3-4-12(17(19)20)9-15(10)24(21,22)16-8-7-13-5-6-14(23-13)11(2)18/h3-6,9,16H,7-8H2,1-2H3. The number of nitro groups is 1. The molecule has 1 N–H and O–H groups in total. The van der Waals surface area contributed by atoms with Gasteiger partial charge in [0.1, 0.15) is 0 Å². The molecule has 0 radical (unpaired) electrons. The number of aryl methyl sites for hydroxylation is 1. The first kappa shape index (κ1) is 18.2. The first-order chi connectivity index (χ1) is 11.2. The van der Waals surface area contributed by atoms with Crippen LogP contribution in [0.1, 0.15) is 27.0 Å². The van der Waals surface area contributed by atoms with Crippen LogP contribution < -0.4 is 4.72 Å². The predicted molar refractivity (Wildman–Crippen MR) is 91.0 cm³/mol. The zero-order valence-corrected chi connectivity index (χ0v) is 14.7. The number of carbonyl (C=O) groups is 1. The molecule has 1 heterocycles. The molecule has 0 spiro atoms. The van der Waals surface area contributed by atoms with E-state index < -0.39 is 14.9 Å². The van der Waals surface area contributed by atoms with Crippen molar-refractivity contribution < 1.29 is 18.1 Å². The summed E-state index contributed by atoms with van der Waals surface area (Å²) in [5.74, 6) is -0.0287. The Hall–Kier alpha value is -2.10. The number of hydrogen-bond donors (Lipinski definition) is 1. The van der Waals surface area contributed by atoms with Gasteiger partial charge in [-0.05, 0) is 38.0 Å². The summed E-state index contributed by atoms with van der Waals surface area (Å²) < 4.78 is 27.1. The number of carbonyl (C=O) groups excluding carboxylic acids is 1. The van der Waals surface area contributed by atoms with Crippen LogP contribution in [0.3, 0.4) is 0 Å². The number of benzene rings is 1. The summed E-state index contributed by atoms with van der Waals surface area (Å²) in [6.45, 7) is 3.20. The van der Waals surface area contributed by atoms with E-state index in [1.54, 1.807) is 19.1 Å². The van der Waals surface area contributed by atoms with E-state index in [0.717, 1.165) is 10.9 Å². The monoisotopic (exact) mass is 368 g/mol. The van der Waals surface area contributed by atoms with Gasteiger partial charge in [0, 0.05) is 23.6 Å². The first-order valence-electron chi connectivity index (χ1n) is 7.05. The van der Waals surface area contributed by atoms with Gasteiger partial charge >= 0.3 is 0 Å². The van der Waals surface area contributed by atoms with Gasteiger partial charge in [0.15, 0.2) is 5.78 Å². The topological polar surface area (TPSA) is 106 Å².